The summed E-state index contributed by atoms with van der Waals surface area (Å²) in [4.78, 5) is 13.9. The molecule has 7 heteroatoms. The minimum Gasteiger partial charge on any atom is -0.359 e. The standard InChI is InChI=1S/C20H23N3O3S/c24-20-14-23(12-11-21-20)19-8-4-3-7-18(19)22-27(25,26)17-10-9-15-5-1-2-6-16(15)13-17/h3-4,7-10,13,22H,1-2,5-6,11-12,14H2,(H,21,24). The molecule has 1 aliphatic carbocycles. The van der Waals surface area contributed by atoms with E-state index in [4.69, 9.17) is 0 Å². The fraction of sp³-hybridized carbons (Fsp3) is 0.350. The molecule has 27 heavy (non-hydrogen) atoms. The number of amides is 1. The van der Waals surface area contributed by atoms with Crippen LogP contribution in [-0.2, 0) is 27.7 Å². The number of hydrogen-bond acceptors (Lipinski definition) is 4. The van der Waals surface area contributed by atoms with E-state index in [1.165, 1.54) is 5.56 Å². The summed E-state index contributed by atoms with van der Waals surface area (Å²) in [7, 11) is -3.70. The Morgan fingerprint density at radius 1 is 1.00 bits per heavy atom. The maximum atomic E-state index is 13.0. The van der Waals surface area contributed by atoms with Gasteiger partial charge in [0.05, 0.1) is 22.8 Å². The first-order valence-electron chi connectivity index (χ1n) is 9.28. The Morgan fingerprint density at radius 2 is 1.78 bits per heavy atom. The van der Waals surface area contributed by atoms with Gasteiger partial charge in [0.1, 0.15) is 0 Å². The van der Waals surface area contributed by atoms with Gasteiger partial charge in [-0.3, -0.25) is 9.52 Å². The molecule has 1 aliphatic heterocycles. The number of aryl methyl sites for hydroxylation is 2. The van der Waals surface area contributed by atoms with E-state index < -0.39 is 10.0 Å². The highest BCUT2D eigenvalue weighted by molar-refractivity contribution is 7.92. The minimum atomic E-state index is -3.70. The van der Waals surface area contributed by atoms with Gasteiger partial charge in [-0.05, 0) is 61.1 Å². The first-order valence-corrected chi connectivity index (χ1v) is 10.8. The highest BCUT2D eigenvalue weighted by Crippen LogP contribution is 2.30. The van der Waals surface area contributed by atoms with Gasteiger partial charge in [0.2, 0.25) is 5.91 Å². The lowest BCUT2D eigenvalue weighted by Crippen LogP contribution is -2.47. The average molecular weight is 385 g/mol. The molecule has 0 aromatic heterocycles. The molecule has 2 aromatic carbocycles. The zero-order valence-electron chi connectivity index (χ0n) is 15.1. The molecule has 1 fully saturated rings. The van der Waals surface area contributed by atoms with Gasteiger partial charge >= 0.3 is 0 Å². The number of rotatable bonds is 4. The van der Waals surface area contributed by atoms with Crippen LogP contribution in [0.3, 0.4) is 0 Å². The molecule has 2 aromatic rings. The van der Waals surface area contributed by atoms with Crippen molar-refractivity contribution >= 4 is 27.3 Å². The van der Waals surface area contributed by atoms with E-state index in [9.17, 15) is 13.2 Å². The Balaban J connectivity index is 1.63. The molecular weight excluding hydrogens is 362 g/mol. The third kappa shape index (κ3) is 3.78. The lowest BCUT2D eigenvalue weighted by atomic mass is 9.92. The summed E-state index contributed by atoms with van der Waals surface area (Å²) >= 11 is 0. The van der Waals surface area contributed by atoms with Crippen molar-refractivity contribution in [2.45, 2.75) is 30.6 Å². The fourth-order valence-corrected chi connectivity index (χ4v) is 4.89. The molecular formula is C20H23N3O3S. The summed E-state index contributed by atoms with van der Waals surface area (Å²) in [5.41, 5.74) is 3.59. The highest BCUT2D eigenvalue weighted by atomic mass is 32.2. The third-order valence-electron chi connectivity index (χ3n) is 5.16. The van der Waals surface area contributed by atoms with Gasteiger partial charge in [0.15, 0.2) is 0 Å². The van der Waals surface area contributed by atoms with Crippen LogP contribution in [0.5, 0.6) is 0 Å². The van der Waals surface area contributed by atoms with E-state index in [0.29, 0.717) is 24.5 Å². The molecule has 0 spiro atoms. The summed E-state index contributed by atoms with van der Waals surface area (Å²) in [5.74, 6) is -0.0615. The number of nitrogens with zero attached hydrogens (tertiary/aromatic N) is 1. The van der Waals surface area contributed by atoms with Gasteiger partial charge in [0, 0.05) is 13.1 Å². The summed E-state index contributed by atoms with van der Waals surface area (Å²) < 4.78 is 28.7. The van der Waals surface area contributed by atoms with Gasteiger partial charge in [-0.15, -0.1) is 0 Å². The molecule has 0 saturated carbocycles. The Morgan fingerprint density at radius 3 is 2.59 bits per heavy atom. The Kier molecular flexibility index (Phi) is 4.78. The smallest absolute Gasteiger partial charge is 0.261 e. The maximum Gasteiger partial charge on any atom is 0.261 e. The van der Waals surface area contributed by atoms with Crippen molar-refractivity contribution in [3.63, 3.8) is 0 Å². The molecule has 0 atom stereocenters. The molecule has 2 aliphatic rings. The van der Waals surface area contributed by atoms with Gasteiger partial charge in [-0.25, -0.2) is 8.42 Å². The van der Waals surface area contributed by atoms with E-state index in [2.05, 4.69) is 10.0 Å². The van der Waals surface area contributed by atoms with Gasteiger partial charge in [-0.2, -0.15) is 0 Å². The third-order valence-corrected chi connectivity index (χ3v) is 6.52. The van der Waals surface area contributed by atoms with Gasteiger partial charge in [-0.1, -0.05) is 18.2 Å². The van der Waals surface area contributed by atoms with Crippen LogP contribution in [0.25, 0.3) is 0 Å². The molecule has 0 unspecified atom stereocenters. The number of nitrogens with one attached hydrogen (secondary N) is 2. The molecule has 1 amide bonds. The van der Waals surface area contributed by atoms with Crippen molar-refractivity contribution in [3.8, 4) is 0 Å². The maximum absolute atomic E-state index is 13.0. The van der Waals surface area contributed by atoms with Crippen molar-refractivity contribution in [3.05, 3.63) is 53.6 Å². The quantitative estimate of drug-likeness (QED) is 0.847. The van der Waals surface area contributed by atoms with Crippen LogP contribution >= 0.6 is 0 Å². The second-order valence-electron chi connectivity index (χ2n) is 7.03. The minimum absolute atomic E-state index is 0.0615. The van der Waals surface area contributed by atoms with E-state index in [0.717, 1.165) is 31.2 Å². The number of carbonyl (C=O) groups is 1. The number of fused-ring (bicyclic) bond motifs is 1. The van der Waals surface area contributed by atoms with E-state index in [1.54, 1.807) is 24.3 Å². The number of sulfonamides is 1. The molecule has 0 radical (unpaired) electrons. The number of benzene rings is 2. The predicted octanol–water partition coefficient (Wildman–Crippen LogP) is 2.30. The largest absolute Gasteiger partial charge is 0.359 e. The molecule has 0 bridgehead atoms. The van der Waals surface area contributed by atoms with E-state index in [1.807, 2.05) is 23.1 Å². The average Bonchev–Trinajstić information content (AvgIpc) is 2.68. The summed E-state index contributed by atoms with van der Waals surface area (Å²) in [6, 6.07) is 12.6. The monoisotopic (exact) mass is 385 g/mol. The SMILES string of the molecule is O=C1CN(c2ccccc2NS(=O)(=O)c2ccc3c(c2)CCCC3)CCN1. The van der Waals surface area contributed by atoms with Crippen molar-refractivity contribution in [2.75, 3.05) is 29.3 Å². The topological polar surface area (TPSA) is 78.5 Å². The summed E-state index contributed by atoms with van der Waals surface area (Å²) in [5, 5.41) is 2.79. The van der Waals surface area contributed by atoms with Crippen LogP contribution < -0.4 is 14.9 Å². The lowest BCUT2D eigenvalue weighted by Gasteiger charge is -2.30. The number of anilines is 2. The van der Waals surface area contributed by atoms with Crippen LogP contribution in [0.2, 0.25) is 0 Å². The zero-order valence-corrected chi connectivity index (χ0v) is 15.9. The van der Waals surface area contributed by atoms with Gasteiger partial charge < -0.3 is 10.2 Å². The van der Waals surface area contributed by atoms with Crippen LogP contribution in [0.15, 0.2) is 47.4 Å². The Bertz CT molecular complexity index is 972. The molecule has 4 rings (SSSR count). The molecule has 1 saturated heterocycles. The second-order valence-corrected chi connectivity index (χ2v) is 8.71. The lowest BCUT2D eigenvalue weighted by molar-refractivity contribution is -0.120. The van der Waals surface area contributed by atoms with Crippen LogP contribution in [-0.4, -0.2) is 34.0 Å². The molecule has 6 nitrogen and oxygen atoms in total. The molecule has 142 valence electrons. The Labute approximate surface area is 159 Å². The number of carbonyl (C=O) groups excluding carboxylic acids is 1. The molecule has 1 heterocycles. The molecule has 2 N–H and O–H groups in total. The number of para-hydroxylation sites is 2. The van der Waals surface area contributed by atoms with Crippen molar-refractivity contribution < 1.29 is 13.2 Å². The zero-order chi connectivity index (χ0) is 18.9. The van der Waals surface area contributed by atoms with Crippen molar-refractivity contribution in [2.24, 2.45) is 0 Å². The predicted molar refractivity (Wildman–Crippen MR) is 106 cm³/mol. The normalized spacial score (nSPS) is 17.2. The summed E-state index contributed by atoms with van der Waals surface area (Å²) in [6.07, 6.45) is 4.21. The second kappa shape index (κ2) is 7.23. The van der Waals surface area contributed by atoms with Gasteiger partial charge in [0.25, 0.3) is 10.0 Å². The van der Waals surface area contributed by atoms with E-state index in [-0.39, 0.29) is 17.3 Å². The van der Waals surface area contributed by atoms with Crippen LogP contribution in [0.1, 0.15) is 24.0 Å². The fourth-order valence-electron chi connectivity index (χ4n) is 3.76. The summed E-state index contributed by atoms with van der Waals surface area (Å²) in [6.45, 7) is 1.41. The first-order chi connectivity index (χ1) is 13.0. The highest BCUT2D eigenvalue weighted by Gasteiger charge is 2.22. The Hall–Kier alpha value is -2.54. The van der Waals surface area contributed by atoms with E-state index >= 15 is 0 Å². The van der Waals surface area contributed by atoms with Crippen molar-refractivity contribution in [1.29, 1.82) is 0 Å². The van der Waals surface area contributed by atoms with Crippen LogP contribution in [0, 0.1) is 0 Å². The van der Waals surface area contributed by atoms with Crippen molar-refractivity contribution in [1.82, 2.24) is 5.32 Å². The first kappa shape index (κ1) is 17.9. The number of hydrogen-bond donors (Lipinski definition) is 2. The number of piperazine rings is 1. The van der Waals surface area contributed by atoms with Crippen LogP contribution in [0.4, 0.5) is 11.4 Å².